The molecular formula is C30H28N2O5S. The van der Waals surface area contributed by atoms with Crippen molar-refractivity contribution in [2.24, 2.45) is 0 Å². The molecule has 8 heteroatoms. The van der Waals surface area contributed by atoms with Gasteiger partial charge in [-0.2, -0.15) is 0 Å². The van der Waals surface area contributed by atoms with E-state index in [0.717, 1.165) is 22.3 Å². The minimum Gasteiger partial charge on any atom is -0.479 e. The van der Waals surface area contributed by atoms with Crippen LogP contribution in [-0.4, -0.2) is 50.4 Å². The van der Waals surface area contributed by atoms with E-state index in [1.54, 1.807) is 0 Å². The molecule has 2 heterocycles. The minimum absolute atomic E-state index is 0.0640. The first kappa shape index (κ1) is 25.8. The summed E-state index contributed by atoms with van der Waals surface area (Å²) in [6, 6.07) is 26.7. The second-order valence-corrected chi connectivity index (χ2v) is 10.6. The van der Waals surface area contributed by atoms with Crippen LogP contribution < -0.4 is 5.32 Å². The molecule has 2 unspecified atom stereocenters. The van der Waals surface area contributed by atoms with Crippen LogP contribution in [0.5, 0.6) is 0 Å². The third kappa shape index (κ3) is 4.97. The molecule has 3 N–H and O–H groups in total. The van der Waals surface area contributed by atoms with Gasteiger partial charge in [0.2, 0.25) is 11.8 Å². The quantitative estimate of drug-likeness (QED) is 0.303. The molecule has 3 atom stereocenters. The van der Waals surface area contributed by atoms with Crippen molar-refractivity contribution in [2.75, 3.05) is 0 Å². The van der Waals surface area contributed by atoms with E-state index in [9.17, 15) is 24.6 Å². The van der Waals surface area contributed by atoms with E-state index in [1.807, 2.05) is 60.7 Å². The van der Waals surface area contributed by atoms with Crippen LogP contribution in [0.1, 0.15) is 41.5 Å². The maximum Gasteiger partial charge on any atom is 0.331 e. The van der Waals surface area contributed by atoms with Crippen molar-refractivity contribution >= 4 is 29.5 Å². The van der Waals surface area contributed by atoms with Crippen LogP contribution in [0.2, 0.25) is 0 Å². The highest BCUT2D eigenvalue weighted by molar-refractivity contribution is 8.03. The third-order valence-corrected chi connectivity index (χ3v) is 8.20. The van der Waals surface area contributed by atoms with Gasteiger partial charge in [-0.3, -0.25) is 9.59 Å². The maximum absolute atomic E-state index is 13.4. The Morgan fingerprint density at radius 2 is 1.55 bits per heavy atom. The van der Waals surface area contributed by atoms with Crippen molar-refractivity contribution in [2.45, 2.75) is 43.2 Å². The number of carbonyl (C=O) groups is 3. The Morgan fingerprint density at radius 1 is 0.974 bits per heavy atom. The Kier molecular flexibility index (Phi) is 7.35. The molecule has 0 aromatic heterocycles. The van der Waals surface area contributed by atoms with Crippen LogP contribution in [-0.2, 0) is 20.8 Å². The summed E-state index contributed by atoms with van der Waals surface area (Å²) < 4.78 is 0. The van der Waals surface area contributed by atoms with Gasteiger partial charge in [0, 0.05) is 11.5 Å². The molecule has 2 aliphatic heterocycles. The standard InChI is InChI=1S/C30H28N2O5S/c1-18(33)26-28(30(36)37)32-24(35)17-25(32)38-29(26)31-23(34)16-21-14-8-9-15-22(21)27(19-10-4-2-5-11-19)20-12-6-3-7-13-20/h2-15,18,25,27-28,33H,16-17H2,1H3,(H,31,34)(H,36,37)/t18?,25-,28?/m1/s1. The van der Waals surface area contributed by atoms with E-state index >= 15 is 0 Å². The van der Waals surface area contributed by atoms with E-state index in [4.69, 9.17) is 0 Å². The Labute approximate surface area is 225 Å². The normalized spacial score (nSPS) is 19.6. The maximum atomic E-state index is 13.4. The molecule has 2 amide bonds. The molecule has 5 rings (SSSR count). The molecule has 1 fully saturated rings. The summed E-state index contributed by atoms with van der Waals surface area (Å²) in [6.07, 6.45) is -0.894. The molecule has 194 valence electrons. The number of nitrogens with one attached hydrogen (secondary N) is 1. The first-order chi connectivity index (χ1) is 18.3. The average molecular weight is 529 g/mol. The summed E-state index contributed by atoms with van der Waals surface area (Å²) >= 11 is 1.22. The van der Waals surface area contributed by atoms with Crippen LogP contribution >= 0.6 is 11.8 Å². The number of carboxylic acids is 1. The summed E-state index contributed by atoms with van der Waals surface area (Å²) in [7, 11) is 0. The lowest BCUT2D eigenvalue weighted by Gasteiger charge is -2.48. The Hall–Kier alpha value is -3.88. The van der Waals surface area contributed by atoms with Gasteiger partial charge in [-0.1, -0.05) is 96.7 Å². The fraction of sp³-hybridized carbons (Fsp3) is 0.233. The number of nitrogens with zero attached hydrogens (tertiary/aromatic N) is 1. The SMILES string of the molecule is CC(O)C1=C(NC(=O)Cc2ccccc2C(c2ccccc2)c2ccccc2)S[C@@H]2CC(=O)N2C1C(=O)O. The third-order valence-electron chi connectivity index (χ3n) is 6.96. The van der Waals surface area contributed by atoms with Crippen LogP contribution in [0.15, 0.2) is 95.5 Å². The summed E-state index contributed by atoms with van der Waals surface area (Å²) in [5.74, 6) is -1.91. The molecular weight excluding hydrogens is 500 g/mol. The molecule has 0 spiro atoms. The highest BCUT2D eigenvalue weighted by Crippen LogP contribution is 2.44. The van der Waals surface area contributed by atoms with Gasteiger partial charge in [-0.25, -0.2) is 4.79 Å². The molecule has 3 aromatic carbocycles. The number of rotatable bonds is 8. The number of fused-ring (bicyclic) bond motifs is 1. The monoisotopic (exact) mass is 528 g/mol. The molecule has 0 bridgehead atoms. The van der Waals surface area contributed by atoms with E-state index < -0.39 is 18.1 Å². The van der Waals surface area contributed by atoms with Gasteiger partial charge in [0.1, 0.15) is 0 Å². The van der Waals surface area contributed by atoms with Crippen molar-refractivity contribution in [3.63, 3.8) is 0 Å². The van der Waals surface area contributed by atoms with Gasteiger partial charge in [-0.15, -0.1) is 0 Å². The molecule has 38 heavy (non-hydrogen) atoms. The topological polar surface area (TPSA) is 107 Å². The van der Waals surface area contributed by atoms with Crippen LogP contribution in [0.3, 0.4) is 0 Å². The number of benzene rings is 3. The van der Waals surface area contributed by atoms with Gasteiger partial charge >= 0.3 is 5.97 Å². The zero-order valence-electron chi connectivity index (χ0n) is 20.8. The lowest BCUT2D eigenvalue weighted by Crippen LogP contribution is -2.62. The smallest absolute Gasteiger partial charge is 0.331 e. The fourth-order valence-electron chi connectivity index (χ4n) is 5.22. The number of aliphatic carboxylic acids is 1. The van der Waals surface area contributed by atoms with Crippen LogP contribution in [0.4, 0.5) is 0 Å². The van der Waals surface area contributed by atoms with E-state index in [0.29, 0.717) is 5.03 Å². The highest BCUT2D eigenvalue weighted by atomic mass is 32.2. The van der Waals surface area contributed by atoms with E-state index in [1.165, 1.54) is 23.6 Å². The van der Waals surface area contributed by atoms with Crippen molar-refractivity contribution in [3.8, 4) is 0 Å². The number of hydrogen-bond donors (Lipinski definition) is 3. The average Bonchev–Trinajstić information content (AvgIpc) is 2.90. The molecule has 2 aliphatic rings. The lowest BCUT2D eigenvalue weighted by molar-refractivity contribution is -0.156. The number of hydrogen-bond acceptors (Lipinski definition) is 5. The lowest BCUT2D eigenvalue weighted by atomic mass is 9.82. The van der Waals surface area contributed by atoms with Crippen molar-refractivity contribution in [1.82, 2.24) is 10.2 Å². The van der Waals surface area contributed by atoms with Crippen LogP contribution in [0.25, 0.3) is 0 Å². The number of carbonyl (C=O) groups excluding carboxylic acids is 2. The molecule has 0 radical (unpaired) electrons. The Morgan fingerprint density at radius 3 is 2.11 bits per heavy atom. The second-order valence-electron chi connectivity index (χ2n) is 9.46. The van der Waals surface area contributed by atoms with Gasteiger partial charge in [0.05, 0.1) is 29.3 Å². The molecule has 0 saturated carbocycles. The number of β-lactam (4-membered cyclic amide) rings is 1. The van der Waals surface area contributed by atoms with Gasteiger partial charge in [-0.05, 0) is 29.2 Å². The molecule has 0 aliphatic carbocycles. The number of amides is 2. The summed E-state index contributed by atoms with van der Waals surface area (Å²) in [6.45, 7) is 1.45. The first-order valence-corrected chi connectivity index (χ1v) is 13.3. The van der Waals surface area contributed by atoms with E-state index in [2.05, 4.69) is 29.6 Å². The number of aliphatic hydroxyl groups excluding tert-OH is 1. The second kappa shape index (κ2) is 10.8. The zero-order chi connectivity index (χ0) is 26.8. The molecule has 7 nitrogen and oxygen atoms in total. The zero-order valence-corrected chi connectivity index (χ0v) is 21.6. The van der Waals surface area contributed by atoms with E-state index in [-0.39, 0.29) is 41.5 Å². The number of thioether (sulfide) groups is 1. The minimum atomic E-state index is -1.30. The summed E-state index contributed by atoms with van der Waals surface area (Å²) in [5.41, 5.74) is 4.18. The fourth-order valence-corrected chi connectivity index (χ4v) is 6.66. The van der Waals surface area contributed by atoms with Crippen LogP contribution in [0, 0.1) is 0 Å². The predicted octanol–water partition coefficient (Wildman–Crippen LogP) is 3.88. The van der Waals surface area contributed by atoms with Crippen molar-refractivity contribution in [1.29, 1.82) is 0 Å². The largest absolute Gasteiger partial charge is 0.479 e. The van der Waals surface area contributed by atoms with Gasteiger partial charge < -0.3 is 20.4 Å². The Bertz CT molecular complexity index is 1350. The molecule has 3 aromatic rings. The van der Waals surface area contributed by atoms with Gasteiger partial charge in [0.15, 0.2) is 6.04 Å². The van der Waals surface area contributed by atoms with Crippen molar-refractivity contribution in [3.05, 3.63) is 118 Å². The number of aliphatic hydroxyl groups is 1. The van der Waals surface area contributed by atoms with Gasteiger partial charge in [0.25, 0.3) is 0 Å². The summed E-state index contributed by atoms with van der Waals surface area (Å²) in [4.78, 5) is 38.8. The predicted molar refractivity (Wildman–Crippen MR) is 145 cm³/mol. The Balaban J connectivity index is 1.47. The summed E-state index contributed by atoms with van der Waals surface area (Å²) in [5, 5.41) is 23.1. The first-order valence-electron chi connectivity index (χ1n) is 12.5. The molecule has 1 saturated heterocycles. The highest BCUT2D eigenvalue weighted by Gasteiger charge is 2.51. The number of carboxylic acid groups (broad SMARTS) is 1. The van der Waals surface area contributed by atoms with Crippen molar-refractivity contribution < 1.29 is 24.6 Å².